The maximum Gasteiger partial charge on any atom is 0.319 e. The molecule has 2 N–H and O–H groups in total. The Hall–Kier alpha value is -3.63. The third-order valence-electron chi connectivity index (χ3n) is 9.74. The molecule has 3 fully saturated rings. The predicted octanol–water partition coefficient (Wildman–Crippen LogP) is 5.61. The largest absolute Gasteiger partial charge is 0.508 e. The summed E-state index contributed by atoms with van der Waals surface area (Å²) in [5.74, 6) is -0.101. The number of aromatic nitrogens is 3. The number of anilines is 1. The number of pyridine rings is 1. The molecule has 2 aromatic heterocycles. The van der Waals surface area contributed by atoms with Crippen LogP contribution in [0.15, 0.2) is 30.5 Å². The van der Waals surface area contributed by atoms with Crippen LogP contribution in [0.25, 0.3) is 32.9 Å². The fraction of sp³-hybridized carbons (Fsp3) is 0.485. The number of phenolic OH excluding ortho intramolecular Hbond substituents is 1. The van der Waals surface area contributed by atoms with Crippen LogP contribution in [0.4, 0.5) is 14.6 Å². The van der Waals surface area contributed by atoms with Crippen molar-refractivity contribution in [2.45, 2.75) is 64.0 Å². The van der Waals surface area contributed by atoms with Crippen LogP contribution in [0.2, 0.25) is 0 Å². The number of hydrogen-bond donors (Lipinski definition) is 2. The van der Waals surface area contributed by atoms with Gasteiger partial charge >= 0.3 is 6.01 Å². The van der Waals surface area contributed by atoms with Gasteiger partial charge in [0.2, 0.25) is 0 Å². The Labute approximate surface area is 249 Å². The molecule has 8 nitrogen and oxygen atoms in total. The number of rotatable bonds is 7. The van der Waals surface area contributed by atoms with Crippen molar-refractivity contribution in [1.82, 2.24) is 19.9 Å². The number of halogens is 2. The van der Waals surface area contributed by atoms with E-state index in [1.165, 1.54) is 18.3 Å². The number of hydrogen-bond acceptors (Lipinski definition) is 8. The molecule has 3 saturated heterocycles. The normalized spacial score (nSPS) is 24.0. The van der Waals surface area contributed by atoms with E-state index in [-0.39, 0.29) is 41.2 Å². The molecule has 2 aromatic carbocycles. The maximum absolute atomic E-state index is 16.7. The quantitative estimate of drug-likeness (QED) is 0.288. The number of aryl methyl sites for hydroxylation is 1. The summed E-state index contributed by atoms with van der Waals surface area (Å²) in [4.78, 5) is 18.4. The van der Waals surface area contributed by atoms with E-state index in [2.05, 4.69) is 21.8 Å². The molecule has 4 aromatic rings. The highest BCUT2D eigenvalue weighted by Crippen LogP contribution is 2.43. The van der Waals surface area contributed by atoms with Gasteiger partial charge in [0.25, 0.3) is 0 Å². The van der Waals surface area contributed by atoms with Crippen LogP contribution in [0.1, 0.15) is 51.5 Å². The van der Waals surface area contributed by atoms with Crippen molar-refractivity contribution >= 4 is 27.5 Å². The van der Waals surface area contributed by atoms with Crippen LogP contribution in [0.3, 0.4) is 0 Å². The van der Waals surface area contributed by atoms with Gasteiger partial charge in [-0.25, -0.2) is 8.78 Å². The summed E-state index contributed by atoms with van der Waals surface area (Å²) < 4.78 is 38.0. The van der Waals surface area contributed by atoms with E-state index in [1.54, 1.807) is 12.1 Å². The van der Waals surface area contributed by atoms with Gasteiger partial charge in [-0.3, -0.25) is 9.88 Å². The van der Waals surface area contributed by atoms with Crippen LogP contribution in [-0.4, -0.2) is 74.5 Å². The molecular weight excluding hydrogens is 552 g/mol. The molecule has 10 heteroatoms. The van der Waals surface area contributed by atoms with Crippen LogP contribution >= 0.6 is 0 Å². The van der Waals surface area contributed by atoms with Crippen molar-refractivity contribution in [2.75, 3.05) is 37.7 Å². The number of aliphatic hydroxyl groups is 1. The Morgan fingerprint density at radius 1 is 1.14 bits per heavy atom. The van der Waals surface area contributed by atoms with Crippen molar-refractivity contribution in [3.8, 4) is 23.0 Å². The Balaban J connectivity index is 1.39. The summed E-state index contributed by atoms with van der Waals surface area (Å²) in [6, 6.07) is 5.84. The molecule has 0 spiro atoms. The molecular formula is C33H37F2N5O3. The van der Waals surface area contributed by atoms with E-state index < -0.39 is 11.6 Å². The van der Waals surface area contributed by atoms with E-state index in [0.717, 1.165) is 45.2 Å². The molecule has 43 heavy (non-hydrogen) atoms. The molecule has 7 rings (SSSR count). The second-order valence-electron chi connectivity index (χ2n) is 12.5. The fourth-order valence-corrected chi connectivity index (χ4v) is 7.85. The number of aromatic hydroxyl groups is 1. The van der Waals surface area contributed by atoms with Gasteiger partial charge in [-0.15, -0.1) is 0 Å². The summed E-state index contributed by atoms with van der Waals surface area (Å²) in [6.45, 7) is 7.22. The van der Waals surface area contributed by atoms with Crippen LogP contribution in [-0.2, 0) is 6.42 Å². The van der Waals surface area contributed by atoms with Crippen molar-refractivity contribution in [2.24, 2.45) is 5.92 Å². The highest BCUT2D eigenvalue weighted by atomic mass is 19.1. The number of aliphatic hydroxyl groups excluding tert-OH is 1. The molecule has 5 heterocycles. The zero-order valence-electron chi connectivity index (χ0n) is 24.6. The van der Waals surface area contributed by atoms with Gasteiger partial charge in [-0.2, -0.15) is 9.97 Å². The number of phenols is 1. The van der Waals surface area contributed by atoms with Crippen molar-refractivity contribution in [1.29, 1.82) is 0 Å². The van der Waals surface area contributed by atoms with E-state index in [0.29, 0.717) is 58.6 Å². The third-order valence-corrected chi connectivity index (χ3v) is 9.74. The smallest absolute Gasteiger partial charge is 0.319 e. The summed E-state index contributed by atoms with van der Waals surface area (Å²) in [6.07, 6.45) is 6.79. The molecule has 0 aliphatic carbocycles. The fourth-order valence-electron chi connectivity index (χ4n) is 7.85. The first-order valence-corrected chi connectivity index (χ1v) is 15.4. The second kappa shape index (κ2) is 10.8. The lowest BCUT2D eigenvalue weighted by molar-refractivity contribution is 0.107. The van der Waals surface area contributed by atoms with E-state index in [4.69, 9.17) is 9.72 Å². The highest BCUT2D eigenvalue weighted by molar-refractivity contribution is 6.01. The number of benzene rings is 2. The minimum absolute atomic E-state index is 0.0328. The molecule has 3 aliphatic heterocycles. The first-order chi connectivity index (χ1) is 20.8. The summed E-state index contributed by atoms with van der Waals surface area (Å²) >= 11 is 0. The molecule has 0 amide bonds. The van der Waals surface area contributed by atoms with Crippen LogP contribution in [0, 0.1) is 17.6 Å². The second-order valence-corrected chi connectivity index (χ2v) is 12.5. The standard InChI is InChI=1S/C33H37F2N5O3/c1-3-23-26(34)8-7-20-12-22(42)13-24(27(20)23)29-28(35)30-25(15-36-29)31(40-11-4-6-21(40)17-41)38-32(37-30)43-18-33-9-5-10-39(33)16-19(2)14-33/h7-8,12-13,15,19,21,41-42H,3-6,9-11,14,16-18H2,1-2H3/t19-,21+,33+/m1/s1. The van der Waals surface area contributed by atoms with Gasteiger partial charge in [0.05, 0.1) is 23.6 Å². The van der Waals surface area contributed by atoms with Crippen molar-refractivity contribution < 1.29 is 23.7 Å². The molecule has 0 saturated carbocycles. The van der Waals surface area contributed by atoms with E-state index >= 15 is 4.39 Å². The molecule has 0 radical (unpaired) electrons. The lowest BCUT2D eigenvalue weighted by Crippen LogP contribution is -2.43. The average molecular weight is 590 g/mol. The first-order valence-electron chi connectivity index (χ1n) is 15.4. The molecule has 3 aliphatic rings. The van der Waals surface area contributed by atoms with Gasteiger partial charge in [-0.1, -0.05) is 19.9 Å². The van der Waals surface area contributed by atoms with Crippen molar-refractivity contribution in [3.63, 3.8) is 0 Å². The molecule has 226 valence electrons. The van der Waals surface area contributed by atoms with E-state index in [1.807, 2.05) is 11.8 Å². The molecule has 0 bridgehead atoms. The zero-order valence-corrected chi connectivity index (χ0v) is 24.6. The predicted molar refractivity (Wildman–Crippen MR) is 162 cm³/mol. The summed E-state index contributed by atoms with van der Waals surface area (Å²) in [5.41, 5.74) is 0.663. The third kappa shape index (κ3) is 4.66. The molecule has 0 unspecified atom stereocenters. The van der Waals surface area contributed by atoms with Gasteiger partial charge in [0.1, 0.15) is 35.2 Å². The summed E-state index contributed by atoms with van der Waals surface area (Å²) in [7, 11) is 0. The Morgan fingerprint density at radius 2 is 2.00 bits per heavy atom. The van der Waals surface area contributed by atoms with Gasteiger partial charge in [-0.05, 0) is 85.5 Å². The zero-order chi connectivity index (χ0) is 29.9. The lowest BCUT2D eigenvalue weighted by Gasteiger charge is -2.31. The van der Waals surface area contributed by atoms with Gasteiger partial charge < -0.3 is 19.8 Å². The monoisotopic (exact) mass is 589 g/mol. The topological polar surface area (TPSA) is 94.8 Å². The highest BCUT2D eigenvalue weighted by Gasteiger charge is 2.47. The van der Waals surface area contributed by atoms with Gasteiger partial charge in [0.15, 0.2) is 5.82 Å². The number of nitrogens with zero attached hydrogens (tertiary/aromatic N) is 5. The Bertz CT molecular complexity index is 1720. The Morgan fingerprint density at radius 3 is 2.81 bits per heavy atom. The molecule has 3 atom stereocenters. The minimum Gasteiger partial charge on any atom is -0.508 e. The van der Waals surface area contributed by atoms with Gasteiger partial charge in [0, 0.05) is 24.8 Å². The number of ether oxygens (including phenoxy) is 1. The van der Waals surface area contributed by atoms with Crippen molar-refractivity contribution in [3.05, 3.63) is 47.7 Å². The minimum atomic E-state index is -0.695. The average Bonchev–Trinajstić information content (AvgIpc) is 3.70. The SMILES string of the molecule is CCc1c(F)ccc2cc(O)cc(-c3ncc4c(N5CCC[C@H]5CO)nc(OC[C@@]56CCCN5C[C@H](C)C6)nc4c3F)c12. The maximum atomic E-state index is 16.7. The van der Waals surface area contributed by atoms with E-state index in [9.17, 15) is 14.6 Å². The van der Waals surface area contributed by atoms with Crippen LogP contribution in [0.5, 0.6) is 11.8 Å². The first kappa shape index (κ1) is 28.2. The Kier molecular flexibility index (Phi) is 7.09. The summed E-state index contributed by atoms with van der Waals surface area (Å²) in [5, 5.41) is 22.1. The number of fused-ring (bicyclic) bond motifs is 3. The van der Waals surface area contributed by atoms with Crippen LogP contribution < -0.4 is 9.64 Å². The lowest BCUT2D eigenvalue weighted by atomic mass is 9.92.